The molecule has 0 radical (unpaired) electrons. The number of aliphatic hydroxyl groups is 2. The first-order valence-electron chi connectivity index (χ1n) is 38.7. The lowest BCUT2D eigenvalue weighted by Gasteiger charge is -2.42. The molecule has 4 aliphatic rings. The number of carbonyl (C=O) groups excluding carboxylic acids is 11. The number of halogens is 1. The molecule has 4 aliphatic heterocycles. The van der Waals surface area contributed by atoms with Gasteiger partial charge in [-0.15, -0.1) is 0 Å². The molecule has 0 spiro atoms. The summed E-state index contributed by atoms with van der Waals surface area (Å²) in [6.07, 6.45) is -0.295. The van der Waals surface area contributed by atoms with Crippen LogP contribution in [-0.2, 0) is 92.6 Å². The summed E-state index contributed by atoms with van der Waals surface area (Å²) in [7, 11) is 9.80. The summed E-state index contributed by atoms with van der Waals surface area (Å²) in [5, 5.41) is 53.4. The van der Waals surface area contributed by atoms with Crippen molar-refractivity contribution in [3.05, 3.63) is 148 Å². The van der Waals surface area contributed by atoms with Gasteiger partial charge in [-0.25, -0.2) is 9.59 Å². The summed E-state index contributed by atoms with van der Waals surface area (Å²) < 4.78 is 29.7. The van der Waals surface area contributed by atoms with Crippen molar-refractivity contribution < 1.29 is 91.7 Å². The van der Waals surface area contributed by atoms with Crippen LogP contribution in [0.25, 0.3) is 10.9 Å². The van der Waals surface area contributed by atoms with Gasteiger partial charge in [0.15, 0.2) is 5.72 Å². The Hall–Kier alpha value is -9.74. The summed E-state index contributed by atoms with van der Waals surface area (Å²) >= 11 is 6.88. The highest BCUT2D eigenvalue weighted by atomic mass is 35.5. The Morgan fingerprint density at radius 1 is 0.802 bits per heavy atom. The van der Waals surface area contributed by atoms with Gasteiger partial charge in [0.1, 0.15) is 82.7 Å². The number of aromatic amines is 1. The number of carbonyl (C=O) groups is 11. The zero-order valence-corrected chi connectivity index (χ0v) is 69.2. The summed E-state index contributed by atoms with van der Waals surface area (Å²) in [6.45, 7) is 8.42. The van der Waals surface area contributed by atoms with Crippen LogP contribution in [0.3, 0.4) is 0 Å². The highest BCUT2D eigenvalue weighted by Gasteiger charge is 2.65. The summed E-state index contributed by atoms with van der Waals surface area (Å²) in [5.74, 6) is -7.39. The third kappa shape index (κ3) is 23.6. The zero-order chi connectivity index (χ0) is 84.3. The number of aromatic hydroxyl groups is 1. The van der Waals surface area contributed by atoms with Crippen LogP contribution in [0, 0.1) is 5.92 Å². The zero-order valence-electron chi connectivity index (χ0n) is 66.8. The van der Waals surface area contributed by atoms with E-state index in [0.29, 0.717) is 53.1 Å². The second-order valence-electron chi connectivity index (χ2n) is 30.0. The molecule has 31 nitrogen and oxygen atoms in total. The number of anilines is 1. The standard InChI is InChI=1S/C82H107ClN12O19S2/c1-46-19-18-25-65(111-10)82(109)44-64(112-80(108)92-82)47(2)72-81(5,114-72)66(43-69(100)94(7)62-40-52(37-46)41-63(110-9)70(62)83)113-79(107)48(3)93(6)68(99)32-35-115-116-36-34-85-67(98)31-30-61-76(104)89-58(38-51-26-28-54(97)29-27-51)74(102)88-59(42-53-45-86-56-23-15-14-22-55(53)56)75(103)87-57(24-16-17-33-84)73(101)91-71(49(4)96)77(105)90-60(78(106)95(61)8)39-50-20-12-11-13-21-50/h11-15,18-23,25-29,40-41,45,47-49,57-61,64-66,71-72,86,96-97,109H,16-17,24,30-39,42-44,84H2,1-10H3,(H,85,98)(H,87,103)(H,88,102)(H,89,104)(H,90,105)(H,91,101)(H,92,108)/b25-18+,46-19+/t47-,48+,49-,57+,58+,59-,60+,61+,64+,65-,66+,71+,72+,81+,82+/m1/s1. The van der Waals surface area contributed by atoms with Crippen molar-refractivity contribution in [2.75, 3.05) is 64.9 Å². The van der Waals surface area contributed by atoms with Crippen molar-refractivity contribution in [1.82, 2.24) is 52.0 Å². The first-order chi connectivity index (χ1) is 55.3. The van der Waals surface area contributed by atoms with E-state index < -0.39 is 162 Å². The topological polar surface area (TPSA) is 434 Å². The first-order valence-corrected chi connectivity index (χ1v) is 41.5. The first kappa shape index (κ1) is 90.2. The number of allylic oxidation sites excluding steroid dienone is 3. The molecule has 3 saturated heterocycles. The summed E-state index contributed by atoms with van der Waals surface area (Å²) in [6, 6.07) is 15.1. The van der Waals surface area contributed by atoms with Gasteiger partial charge < -0.3 is 96.3 Å². The van der Waals surface area contributed by atoms with Crippen LogP contribution in [0.15, 0.2) is 121 Å². The third-order valence-electron chi connectivity index (χ3n) is 21.6. The highest BCUT2D eigenvalue weighted by Crippen LogP contribution is 2.49. The molecule has 13 N–H and O–H groups in total. The third-order valence-corrected chi connectivity index (χ3v) is 24.3. The van der Waals surface area contributed by atoms with Crippen LogP contribution in [0.5, 0.6) is 11.5 Å². The number of ether oxygens (including phenoxy) is 5. The van der Waals surface area contributed by atoms with Gasteiger partial charge >= 0.3 is 12.1 Å². The van der Waals surface area contributed by atoms with Crippen molar-refractivity contribution >= 4 is 115 Å². The van der Waals surface area contributed by atoms with Crippen LogP contribution < -0.4 is 52.6 Å². The highest BCUT2D eigenvalue weighted by molar-refractivity contribution is 8.76. The molecule has 4 aromatic carbocycles. The number of fused-ring (bicyclic) bond motifs is 6. The fourth-order valence-corrected chi connectivity index (χ4v) is 16.7. The number of amides is 10. The van der Waals surface area contributed by atoms with Gasteiger partial charge in [-0.2, -0.15) is 0 Å². The fourth-order valence-electron chi connectivity index (χ4n) is 14.5. The number of alkyl carbamates (subject to hydrolysis) is 1. The van der Waals surface area contributed by atoms with Crippen LogP contribution in [0.4, 0.5) is 10.5 Å². The van der Waals surface area contributed by atoms with E-state index in [9.17, 15) is 53.7 Å². The summed E-state index contributed by atoms with van der Waals surface area (Å²) in [4.78, 5) is 166. The van der Waals surface area contributed by atoms with E-state index in [4.69, 9.17) is 41.0 Å². The van der Waals surface area contributed by atoms with Crippen molar-refractivity contribution in [1.29, 1.82) is 0 Å². The van der Waals surface area contributed by atoms with Gasteiger partial charge in [0.25, 0.3) is 0 Å². The molecule has 3 fully saturated rings. The van der Waals surface area contributed by atoms with Crippen molar-refractivity contribution in [3.63, 3.8) is 0 Å². The number of likely N-dealkylation sites (N-methyl/N-ethyl adjacent to an activating group) is 2. The molecule has 34 heteroatoms. The Labute approximate surface area is 687 Å². The lowest BCUT2D eigenvalue weighted by molar-refractivity contribution is -0.162. The molecule has 0 saturated carbocycles. The van der Waals surface area contributed by atoms with Gasteiger partial charge in [-0.3, -0.25) is 48.5 Å². The predicted molar refractivity (Wildman–Crippen MR) is 437 cm³/mol. The molecule has 0 unspecified atom stereocenters. The normalized spacial score (nSPS) is 26.6. The van der Waals surface area contributed by atoms with Crippen LogP contribution in [-0.4, -0.2) is 239 Å². The molecule has 5 heterocycles. The van der Waals surface area contributed by atoms with Gasteiger partial charge in [-0.05, 0) is 119 Å². The number of unbranched alkanes of at least 4 members (excludes halogenated alkanes) is 1. The molecular formula is C82H107ClN12O19S2. The fraction of sp³-hybridized carbons (Fsp3) is 0.500. The summed E-state index contributed by atoms with van der Waals surface area (Å²) in [5.41, 5.74) is 6.87. The lowest BCUT2D eigenvalue weighted by atomic mass is 9.83. The number of benzene rings is 4. The maximum absolute atomic E-state index is 15.3. The van der Waals surface area contributed by atoms with E-state index in [2.05, 4.69) is 42.2 Å². The Bertz CT molecular complexity index is 4400. The Balaban J connectivity index is 0.872. The molecule has 4 bridgehead atoms. The van der Waals surface area contributed by atoms with Gasteiger partial charge in [0.05, 0.1) is 31.4 Å². The monoisotopic (exact) mass is 1660 g/mol. The van der Waals surface area contributed by atoms with Crippen molar-refractivity contribution in [2.45, 2.75) is 196 Å². The minimum Gasteiger partial charge on any atom is -0.508 e. The number of hydrogen-bond acceptors (Lipinski definition) is 22. The van der Waals surface area contributed by atoms with Crippen LogP contribution >= 0.6 is 33.2 Å². The largest absolute Gasteiger partial charge is 0.508 e. The number of para-hydroxylation sites is 1. The molecule has 628 valence electrons. The molecule has 10 amide bonds. The van der Waals surface area contributed by atoms with E-state index in [1.807, 2.05) is 31.2 Å². The number of nitrogens with one attached hydrogen (secondary N) is 8. The van der Waals surface area contributed by atoms with E-state index in [1.54, 1.807) is 80.7 Å². The number of esters is 1. The van der Waals surface area contributed by atoms with Gasteiger partial charge in [0.2, 0.25) is 53.2 Å². The number of methoxy groups -OCH3 is 2. The quantitative estimate of drug-likeness (QED) is 0.0152. The van der Waals surface area contributed by atoms with Crippen LogP contribution in [0.2, 0.25) is 5.02 Å². The number of nitrogens with zero attached hydrogens (tertiary/aromatic N) is 3. The Morgan fingerprint density at radius 3 is 2.15 bits per heavy atom. The second-order valence-corrected chi connectivity index (χ2v) is 33.1. The second kappa shape index (κ2) is 41.4. The van der Waals surface area contributed by atoms with Crippen LogP contribution in [0.1, 0.15) is 108 Å². The average Bonchev–Trinajstić information content (AvgIpc) is 1.57. The van der Waals surface area contributed by atoms with Crippen molar-refractivity contribution in [3.8, 4) is 11.5 Å². The minimum atomic E-state index is -1.92. The maximum atomic E-state index is 15.3. The maximum Gasteiger partial charge on any atom is 0.409 e. The number of phenols is 1. The molecule has 9 rings (SSSR count). The van der Waals surface area contributed by atoms with Gasteiger partial charge in [-0.1, -0.05) is 125 Å². The lowest BCUT2D eigenvalue weighted by Crippen LogP contribution is -2.63. The number of nitrogens with two attached hydrogens (primary N) is 1. The van der Waals surface area contributed by atoms with E-state index >= 15 is 14.4 Å². The molecular weight excluding hydrogens is 1560 g/mol. The number of aliphatic hydroxyl groups excluding tert-OH is 1. The number of epoxide rings is 1. The number of aromatic nitrogens is 1. The molecule has 15 atom stereocenters. The number of H-pyrrole nitrogens is 1. The van der Waals surface area contributed by atoms with Crippen molar-refractivity contribution in [2.24, 2.45) is 11.7 Å². The Kier molecular flexibility index (Phi) is 32.2. The number of rotatable bonds is 26. The SMILES string of the molecule is COc1cc2cc(c1Cl)N(C)C(=O)C[C@H](OC(=O)[C@H](C)N(C)C(=O)CCSSCCNC(=O)CC[C@H]1C(=O)N[C@@H](Cc3ccc(O)cc3)C(=O)N[C@H](Cc3c[nH]c4ccccc34)C(=O)N[C@@H](CCCCN)C(=O)N[C@@H]([C@@H](C)O)C(=O)N[C@@H](Cc3ccccc3)C(=O)N1C)[C@]1(C)O[C@H]1[C@H](C)[C@@H]1C[C@@](O)(NC(=O)O1)[C@H](OC)/C=C/C=C(\C)C2. The minimum absolute atomic E-state index is 0.0217. The Morgan fingerprint density at radius 2 is 1.45 bits per heavy atom. The molecule has 116 heavy (non-hydrogen) atoms. The van der Waals surface area contributed by atoms with E-state index in [1.165, 1.54) is 105 Å². The van der Waals surface area contributed by atoms with Gasteiger partial charge in [0, 0.05) is 108 Å². The molecule has 1 aromatic heterocycles. The predicted octanol–water partition coefficient (Wildman–Crippen LogP) is 4.87. The smallest absolute Gasteiger partial charge is 0.409 e. The average molecular weight is 1660 g/mol. The number of phenolic OH excluding ortho intramolecular Hbond substituents is 1. The molecule has 0 aliphatic carbocycles. The van der Waals surface area contributed by atoms with E-state index in [0.717, 1.165) is 26.9 Å². The number of hydrogen-bond donors (Lipinski definition) is 12. The molecule has 5 aromatic rings. The van der Waals surface area contributed by atoms with E-state index in [-0.39, 0.29) is 81.0 Å².